The Hall–Kier alpha value is -1.26. The first kappa shape index (κ1) is 16.6. The predicted molar refractivity (Wildman–Crippen MR) is 97.1 cm³/mol. The van der Waals surface area contributed by atoms with Crippen LogP contribution in [0.5, 0.6) is 0 Å². The first-order valence-electron chi connectivity index (χ1n) is 8.80. The number of nitrogens with one attached hydrogen (secondary N) is 2. The van der Waals surface area contributed by atoms with E-state index in [0.717, 1.165) is 37.2 Å². The molecular weight excluding hydrogens is 308 g/mol. The molecule has 2 aliphatic rings. The molecule has 5 heteroatoms. The van der Waals surface area contributed by atoms with Crippen LogP contribution in [0.25, 0.3) is 0 Å². The first-order valence-corrected chi connectivity index (χ1v) is 9.18. The second-order valence-corrected chi connectivity index (χ2v) is 6.89. The number of nitrogens with zero attached hydrogens (tertiary/aromatic N) is 2. The molecule has 2 N–H and O–H groups in total. The molecule has 1 atom stereocenters. The molecule has 1 aliphatic heterocycles. The molecule has 1 aromatic rings. The Morgan fingerprint density at radius 1 is 1.35 bits per heavy atom. The number of hydrogen-bond donors (Lipinski definition) is 2. The van der Waals surface area contributed by atoms with Crippen molar-refractivity contribution < 1.29 is 0 Å². The number of hydrogen-bond acceptors (Lipinski definition) is 2. The van der Waals surface area contributed by atoms with E-state index < -0.39 is 0 Å². The minimum atomic E-state index is 0.311. The minimum Gasteiger partial charge on any atom is -0.357 e. The van der Waals surface area contributed by atoms with Gasteiger partial charge in [-0.2, -0.15) is 0 Å². The summed E-state index contributed by atoms with van der Waals surface area (Å²) >= 11 is 6.21. The number of guanidine groups is 1. The molecule has 0 amide bonds. The van der Waals surface area contributed by atoms with Gasteiger partial charge in [0.1, 0.15) is 0 Å². The summed E-state index contributed by atoms with van der Waals surface area (Å²) in [6, 6.07) is 9.16. The standard InChI is InChI=1S/C18H27ClN4/c1-2-20-18(22-16-8-9-16)21-13-17(23-10-3-4-11-23)14-6-5-7-15(19)12-14/h5-7,12,16-17H,2-4,8-11,13H2,1H3,(H2,20,21,22). The third kappa shape index (κ3) is 4.85. The summed E-state index contributed by atoms with van der Waals surface area (Å²) in [6.45, 7) is 6.07. The van der Waals surface area contributed by atoms with Crippen molar-refractivity contribution in [3.05, 3.63) is 34.9 Å². The molecule has 4 nitrogen and oxygen atoms in total. The lowest BCUT2D eigenvalue weighted by Gasteiger charge is -2.27. The lowest BCUT2D eigenvalue weighted by molar-refractivity contribution is 0.251. The van der Waals surface area contributed by atoms with Crippen LogP contribution in [-0.2, 0) is 0 Å². The maximum Gasteiger partial charge on any atom is 0.191 e. The Morgan fingerprint density at radius 2 is 2.13 bits per heavy atom. The van der Waals surface area contributed by atoms with Crippen LogP contribution >= 0.6 is 11.6 Å². The van der Waals surface area contributed by atoms with Crippen LogP contribution < -0.4 is 10.6 Å². The summed E-state index contributed by atoms with van der Waals surface area (Å²) < 4.78 is 0. The van der Waals surface area contributed by atoms with Crippen LogP contribution in [0.1, 0.15) is 44.2 Å². The molecule has 0 aromatic heterocycles. The van der Waals surface area contributed by atoms with Crippen LogP contribution in [0, 0.1) is 0 Å². The average molecular weight is 335 g/mol. The highest BCUT2D eigenvalue weighted by molar-refractivity contribution is 6.30. The first-order chi connectivity index (χ1) is 11.3. The molecule has 0 spiro atoms. The van der Waals surface area contributed by atoms with Gasteiger partial charge in [0.25, 0.3) is 0 Å². The zero-order valence-electron chi connectivity index (χ0n) is 13.9. The number of rotatable bonds is 6. The van der Waals surface area contributed by atoms with Gasteiger partial charge < -0.3 is 10.6 Å². The van der Waals surface area contributed by atoms with Crippen LogP contribution in [0.4, 0.5) is 0 Å². The number of halogens is 1. The fourth-order valence-electron chi connectivity index (χ4n) is 3.12. The van der Waals surface area contributed by atoms with Crippen molar-refractivity contribution in [3.63, 3.8) is 0 Å². The maximum atomic E-state index is 6.21. The molecule has 1 heterocycles. The maximum absolute atomic E-state index is 6.21. The summed E-state index contributed by atoms with van der Waals surface area (Å²) in [6.07, 6.45) is 5.07. The van der Waals surface area contributed by atoms with Crippen LogP contribution in [0.15, 0.2) is 29.3 Å². The van der Waals surface area contributed by atoms with Crippen molar-refractivity contribution in [2.24, 2.45) is 4.99 Å². The van der Waals surface area contributed by atoms with Gasteiger partial charge in [0.15, 0.2) is 5.96 Å². The second-order valence-electron chi connectivity index (χ2n) is 6.45. The lowest BCUT2D eigenvalue weighted by atomic mass is 10.1. The summed E-state index contributed by atoms with van der Waals surface area (Å²) in [5, 5.41) is 7.66. The highest BCUT2D eigenvalue weighted by Crippen LogP contribution is 2.27. The smallest absolute Gasteiger partial charge is 0.191 e. The highest BCUT2D eigenvalue weighted by atomic mass is 35.5. The van der Waals surface area contributed by atoms with E-state index in [-0.39, 0.29) is 0 Å². The van der Waals surface area contributed by atoms with Gasteiger partial charge in [-0.15, -0.1) is 0 Å². The molecule has 3 rings (SSSR count). The number of aliphatic imine (C=N–C) groups is 1. The lowest BCUT2D eigenvalue weighted by Crippen LogP contribution is -2.39. The van der Waals surface area contributed by atoms with Crippen molar-refractivity contribution >= 4 is 17.6 Å². The molecule has 1 saturated heterocycles. The Bertz CT molecular complexity index is 536. The Kier molecular flexibility index (Phi) is 5.79. The second kappa shape index (κ2) is 8.02. The minimum absolute atomic E-state index is 0.311. The summed E-state index contributed by atoms with van der Waals surface area (Å²) in [5.74, 6) is 0.946. The molecule has 23 heavy (non-hydrogen) atoms. The van der Waals surface area contributed by atoms with Crippen LogP contribution in [0.2, 0.25) is 5.02 Å². The molecule has 1 aliphatic carbocycles. The Balaban J connectivity index is 1.74. The molecule has 1 unspecified atom stereocenters. The molecule has 0 radical (unpaired) electrons. The summed E-state index contributed by atoms with van der Waals surface area (Å²) in [7, 11) is 0. The molecule has 1 saturated carbocycles. The quantitative estimate of drug-likeness (QED) is 0.620. The van der Waals surface area contributed by atoms with Crippen molar-refractivity contribution in [3.8, 4) is 0 Å². The van der Waals surface area contributed by atoms with Crippen LogP contribution in [0.3, 0.4) is 0 Å². The molecular formula is C18H27ClN4. The zero-order valence-corrected chi connectivity index (χ0v) is 14.6. The molecule has 126 valence electrons. The van der Waals surface area contributed by atoms with Gasteiger partial charge in [0, 0.05) is 17.6 Å². The van der Waals surface area contributed by atoms with Crippen molar-refractivity contribution in [1.82, 2.24) is 15.5 Å². The Morgan fingerprint density at radius 3 is 2.78 bits per heavy atom. The van der Waals surface area contributed by atoms with E-state index in [4.69, 9.17) is 16.6 Å². The SMILES string of the molecule is CCNC(=NCC(c1cccc(Cl)c1)N1CCCC1)NC1CC1. The van der Waals surface area contributed by atoms with Gasteiger partial charge in [-0.3, -0.25) is 9.89 Å². The highest BCUT2D eigenvalue weighted by Gasteiger charge is 2.25. The molecule has 0 bridgehead atoms. The fraction of sp³-hybridized carbons (Fsp3) is 0.611. The number of likely N-dealkylation sites (tertiary alicyclic amines) is 1. The fourth-order valence-corrected chi connectivity index (χ4v) is 3.32. The van der Waals surface area contributed by atoms with Crippen molar-refractivity contribution in [2.45, 2.75) is 44.7 Å². The zero-order chi connectivity index (χ0) is 16.1. The van der Waals surface area contributed by atoms with E-state index in [9.17, 15) is 0 Å². The van der Waals surface area contributed by atoms with Gasteiger partial charge in [0.05, 0.1) is 12.6 Å². The van der Waals surface area contributed by atoms with Crippen molar-refractivity contribution in [2.75, 3.05) is 26.2 Å². The van der Waals surface area contributed by atoms with Gasteiger partial charge >= 0.3 is 0 Å². The number of benzene rings is 1. The third-order valence-electron chi connectivity index (χ3n) is 4.50. The van der Waals surface area contributed by atoms with E-state index in [1.807, 2.05) is 12.1 Å². The van der Waals surface area contributed by atoms with E-state index in [0.29, 0.717) is 12.1 Å². The normalized spacial score (nSPS) is 20.5. The summed E-state index contributed by atoms with van der Waals surface area (Å²) in [4.78, 5) is 7.39. The predicted octanol–water partition coefficient (Wildman–Crippen LogP) is 3.19. The summed E-state index contributed by atoms with van der Waals surface area (Å²) in [5.41, 5.74) is 1.27. The molecule has 1 aromatic carbocycles. The van der Waals surface area contributed by atoms with Gasteiger partial charge in [-0.25, -0.2) is 0 Å². The largest absolute Gasteiger partial charge is 0.357 e. The van der Waals surface area contributed by atoms with E-state index >= 15 is 0 Å². The molecule has 2 fully saturated rings. The van der Waals surface area contributed by atoms with Gasteiger partial charge in [-0.1, -0.05) is 23.7 Å². The topological polar surface area (TPSA) is 39.7 Å². The van der Waals surface area contributed by atoms with E-state index in [1.165, 1.54) is 31.2 Å². The van der Waals surface area contributed by atoms with E-state index in [2.05, 4.69) is 34.6 Å². The third-order valence-corrected chi connectivity index (χ3v) is 4.73. The average Bonchev–Trinajstić information content (AvgIpc) is 3.19. The van der Waals surface area contributed by atoms with Crippen LogP contribution in [-0.4, -0.2) is 43.1 Å². The van der Waals surface area contributed by atoms with Gasteiger partial charge in [-0.05, 0) is 63.4 Å². The monoisotopic (exact) mass is 334 g/mol. The Labute approximate surface area is 144 Å². The van der Waals surface area contributed by atoms with Crippen molar-refractivity contribution in [1.29, 1.82) is 0 Å². The van der Waals surface area contributed by atoms with E-state index in [1.54, 1.807) is 0 Å². The van der Waals surface area contributed by atoms with Gasteiger partial charge in [0.2, 0.25) is 0 Å².